The van der Waals surface area contributed by atoms with E-state index >= 15 is 0 Å². The molecule has 3 N–H and O–H groups in total. The van der Waals surface area contributed by atoms with Crippen LogP contribution >= 0.6 is 12.6 Å². The first-order valence-electron chi connectivity index (χ1n) is 15.9. The summed E-state index contributed by atoms with van der Waals surface area (Å²) in [6.45, 7) is 7.88. The Morgan fingerprint density at radius 1 is 0.514 bits per heavy atom. The van der Waals surface area contributed by atoms with Crippen molar-refractivity contribution in [1.29, 1.82) is 0 Å². The summed E-state index contributed by atoms with van der Waals surface area (Å²) in [5.41, 5.74) is -0.845. The minimum Gasteiger partial charge on any atom is -0.396 e. The number of thiol groups is 1. The fourth-order valence-electron chi connectivity index (χ4n) is 4.75. The molecule has 0 bridgehead atoms. The molecule has 0 saturated heterocycles. The van der Waals surface area contributed by atoms with Crippen LogP contribution in [-0.2, 0) is 4.79 Å². The van der Waals surface area contributed by atoms with Gasteiger partial charge in [-0.15, -0.1) is 12.6 Å². The molecule has 0 aliphatic carbocycles. The van der Waals surface area contributed by atoms with Gasteiger partial charge in [0.25, 0.3) is 0 Å². The van der Waals surface area contributed by atoms with Gasteiger partial charge in [-0.3, -0.25) is 4.79 Å². The Bertz CT molecular complexity index is 455. The number of carbonyl (C=O) groups excluding carboxylic acids is 1. The largest absolute Gasteiger partial charge is 0.396 e. The molecular weight excluding hydrogens is 480 g/mol. The number of rotatable bonds is 26. The molecule has 0 amide bonds. The van der Waals surface area contributed by atoms with E-state index in [-0.39, 0.29) is 30.4 Å². The lowest BCUT2D eigenvalue weighted by Gasteiger charge is -2.31. The lowest BCUT2D eigenvalue weighted by molar-refractivity contribution is -0.121. The number of unbranched alkanes of at least 4 members (excludes halogenated alkanes) is 16. The van der Waals surface area contributed by atoms with Gasteiger partial charge < -0.3 is 15.3 Å². The van der Waals surface area contributed by atoms with Crippen molar-refractivity contribution in [2.24, 2.45) is 10.8 Å². The number of carbonyl (C=O) groups is 1. The minimum absolute atomic E-state index is 0.137. The fourth-order valence-corrected chi connectivity index (χ4v) is 5.09. The van der Waals surface area contributed by atoms with Gasteiger partial charge >= 0.3 is 0 Å². The normalized spacial score (nSPS) is 11.9. The van der Waals surface area contributed by atoms with Crippen LogP contribution in [0.15, 0.2) is 0 Å². The summed E-state index contributed by atoms with van der Waals surface area (Å²) < 4.78 is 0. The van der Waals surface area contributed by atoms with E-state index < -0.39 is 5.41 Å². The topological polar surface area (TPSA) is 77.8 Å². The molecule has 0 aromatic heterocycles. The molecule has 0 rings (SSSR count). The van der Waals surface area contributed by atoms with Gasteiger partial charge in [-0.2, -0.15) is 0 Å². The third kappa shape index (κ3) is 22.4. The van der Waals surface area contributed by atoms with Crippen LogP contribution in [0.1, 0.15) is 169 Å². The van der Waals surface area contributed by atoms with E-state index in [1.165, 1.54) is 122 Å². The second kappa shape index (κ2) is 27.5. The van der Waals surface area contributed by atoms with E-state index in [9.17, 15) is 4.79 Å². The lowest BCUT2D eigenvalue weighted by atomic mass is 9.75. The van der Waals surface area contributed by atoms with Crippen LogP contribution in [0, 0.1) is 10.8 Å². The van der Waals surface area contributed by atoms with Gasteiger partial charge in [0.1, 0.15) is 0 Å². The first-order chi connectivity index (χ1) is 17.8. The monoisotopic (exact) mass is 546 g/mol. The van der Waals surface area contributed by atoms with Crippen molar-refractivity contribution in [3.63, 3.8) is 0 Å². The third-order valence-corrected chi connectivity index (χ3v) is 8.35. The van der Waals surface area contributed by atoms with E-state index in [0.717, 1.165) is 19.3 Å². The summed E-state index contributed by atoms with van der Waals surface area (Å²) in [6, 6.07) is 0. The highest BCUT2D eigenvalue weighted by Gasteiger charge is 2.34. The molecule has 224 valence electrons. The van der Waals surface area contributed by atoms with E-state index in [0.29, 0.717) is 0 Å². The summed E-state index contributed by atoms with van der Waals surface area (Å²) >= 11 is 4.43. The summed E-state index contributed by atoms with van der Waals surface area (Å²) in [5, 5.41) is 25.6. The predicted molar refractivity (Wildman–Crippen MR) is 164 cm³/mol. The standard InChI is InChI=1S/C27H54OS.C5H12O3/c1-4-7-10-13-16-19-22-25-27(26(28)29,23-20-17-14-11-8-5-2)24-21-18-15-12-9-6-3;1-5(2-6,3-7)4-8/h4-25H2,1-3H3,(H,28,29);6-8H,2-4H2,1H3. The molecule has 0 unspecified atom stereocenters. The van der Waals surface area contributed by atoms with Crippen molar-refractivity contribution in [3.05, 3.63) is 0 Å². The van der Waals surface area contributed by atoms with Gasteiger partial charge in [-0.05, 0) is 19.3 Å². The zero-order valence-corrected chi connectivity index (χ0v) is 26.3. The van der Waals surface area contributed by atoms with Crippen molar-refractivity contribution >= 4 is 17.7 Å². The Morgan fingerprint density at radius 3 is 0.946 bits per heavy atom. The van der Waals surface area contributed by atoms with Crippen molar-refractivity contribution in [2.75, 3.05) is 19.8 Å². The van der Waals surface area contributed by atoms with Crippen molar-refractivity contribution in [1.82, 2.24) is 0 Å². The highest BCUT2D eigenvalue weighted by molar-refractivity contribution is 7.96. The Kier molecular flexibility index (Phi) is 29.0. The molecule has 0 aromatic carbocycles. The van der Waals surface area contributed by atoms with Crippen LogP contribution in [0.5, 0.6) is 0 Å². The quantitative estimate of drug-likeness (QED) is 0.0644. The summed E-state index contributed by atoms with van der Waals surface area (Å²) in [7, 11) is 0. The molecule has 0 aliphatic heterocycles. The van der Waals surface area contributed by atoms with Crippen LogP contribution < -0.4 is 0 Å². The van der Waals surface area contributed by atoms with Gasteiger partial charge in [0.05, 0.1) is 19.8 Å². The van der Waals surface area contributed by atoms with E-state index in [4.69, 9.17) is 15.3 Å². The molecule has 0 heterocycles. The van der Waals surface area contributed by atoms with Crippen LogP contribution in [0.4, 0.5) is 0 Å². The molecule has 37 heavy (non-hydrogen) atoms. The number of aliphatic hydroxyl groups is 3. The second-order valence-corrected chi connectivity index (χ2v) is 12.2. The van der Waals surface area contributed by atoms with E-state index in [1.54, 1.807) is 6.92 Å². The molecule has 0 spiro atoms. The van der Waals surface area contributed by atoms with Crippen LogP contribution in [0.3, 0.4) is 0 Å². The zero-order valence-electron chi connectivity index (χ0n) is 25.4. The predicted octanol–water partition coefficient (Wildman–Crippen LogP) is 9.04. The average Bonchev–Trinajstić information content (AvgIpc) is 2.91. The van der Waals surface area contributed by atoms with Gasteiger partial charge in [0.2, 0.25) is 0 Å². The molecule has 4 nitrogen and oxygen atoms in total. The number of aliphatic hydroxyl groups excluding tert-OH is 3. The van der Waals surface area contributed by atoms with Gasteiger partial charge in [-0.25, -0.2) is 0 Å². The maximum absolute atomic E-state index is 12.7. The Balaban J connectivity index is 0. The maximum Gasteiger partial charge on any atom is 0.192 e. The first-order valence-corrected chi connectivity index (χ1v) is 16.3. The van der Waals surface area contributed by atoms with Crippen LogP contribution in [0.25, 0.3) is 0 Å². The van der Waals surface area contributed by atoms with Crippen molar-refractivity contribution in [3.8, 4) is 0 Å². The van der Waals surface area contributed by atoms with E-state index in [2.05, 4.69) is 33.4 Å². The Hall–Kier alpha value is -0.100. The van der Waals surface area contributed by atoms with Crippen LogP contribution in [0.2, 0.25) is 0 Å². The molecule has 0 radical (unpaired) electrons. The summed E-state index contributed by atoms with van der Waals surface area (Å²) in [5.74, 6) is 0. The summed E-state index contributed by atoms with van der Waals surface area (Å²) in [4.78, 5) is 12.7. The Morgan fingerprint density at radius 2 is 0.757 bits per heavy atom. The van der Waals surface area contributed by atoms with E-state index in [1.807, 2.05) is 0 Å². The lowest BCUT2D eigenvalue weighted by Crippen LogP contribution is -2.29. The Labute approximate surface area is 237 Å². The smallest absolute Gasteiger partial charge is 0.192 e. The fraction of sp³-hybridized carbons (Fsp3) is 0.969. The maximum atomic E-state index is 12.7. The molecular formula is C32H66O4S. The molecule has 0 atom stereocenters. The number of hydrogen-bond donors (Lipinski definition) is 4. The van der Waals surface area contributed by atoms with Crippen molar-refractivity contribution in [2.45, 2.75) is 169 Å². The summed E-state index contributed by atoms with van der Waals surface area (Å²) in [6.07, 6.45) is 28.2. The number of hydrogen-bond acceptors (Lipinski definition) is 4. The SMILES string of the molecule is CC(CO)(CO)CO.CCCCCCCCCC(CCCCCCCC)(CCCCCCCC)C(=O)S. The molecule has 0 aromatic rings. The molecule has 5 heteroatoms. The zero-order chi connectivity index (χ0) is 28.3. The molecule has 0 saturated carbocycles. The third-order valence-electron chi connectivity index (χ3n) is 7.88. The molecule has 0 fully saturated rings. The average molecular weight is 547 g/mol. The minimum atomic E-state index is -0.708. The van der Waals surface area contributed by atoms with Crippen molar-refractivity contribution < 1.29 is 20.1 Å². The first kappa shape index (κ1) is 39.0. The highest BCUT2D eigenvalue weighted by atomic mass is 32.1. The van der Waals surface area contributed by atoms with Crippen LogP contribution in [-0.4, -0.2) is 40.3 Å². The van der Waals surface area contributed by atoms with Gasteiger partial charge in [0, 0.05) is 10.8 Å². The second-order valence-electron chi connectivity index (χ2n) is 11.8. The highest BCUT2D eigenvalue weighted by Crippen LogP contribution is 2.39. The van der Waals surface area contributed by atoms with Gasteiger partial charge in [-0.1, -0.05) is 150 Å². The molecule has 0 aliphatic rings. The van der Waals surface area contributed by atoms with Gasteiger partial charge in [0.15, 0.2) is 5.12 Å².